The van der Waals surface area contributed by atoms with E-state index in [4.69, 9.17) is 0 Å². The van der Waals surface area contributed by atoms with Crippen molar-refractivity contribution in [2.24, 2.45) is 0 Å². The van der Waals surface area contributed by atoms with Crippen molar-refractivity contribution in [1.29, 1.82) is 0 Å². The fourth-order valence-electron chi connectivity index (χ4n) is 0.845. The van der Waals surface area contributed by atoms with Gasteiger partial charge in [0.1, 0.15) is 5.69 Å². The van der Waals surface area contributed by atoms with Crippen molar-refractivity contribution in [2.75, 3.05) is 0 Å². The summed E-state index contributed by atoms with van der Waals surface area (Å²) in [5, 5.41) is 18.4. The molecule has 11 heavy (non-hydrogen) atoms. The third-order valence-electron chi connectivity index (χ3n) is 1.38. The number of hydrogen-bond donors (Lipinski definition) is 2. The minimum Gasteiger partial charge on any atom is -0.370 e. The van der Waals surface area contributed by atoms with Gasteiger partial charge in [0.2, 0.25) is 0 Å². The molecule has 0 bridgehead atoms. The number of aliphatic hydroxyl groups is 2. The van der Waals surface area contributed by atoms with Gasteiger partial charge in [-0.05, 0) is 6.07 Å². The second kappa shape index (κ2) is 2.97. The molecule has 0 saturated heterocycles. The molecule has 0 aliphatic heterocycles. The van der Waals surface area contributed by atoms with E-state index in [-0.39, 0.29) is 0 Å². The quantitative estimate of drug-likeness (QED) is 0.518. The summed E-state index contributed by atoms with van der Waals surface area (Å²) in [6.07, 6.45) is 0. The summed E-state index contributed by atoms with van der Waals surface area (Å²) in [6.45, 7) is 0. The zero-order valence-corrected chi connectivity index (χ0v) is 7.67. The van der Waals surface area contributed by atoms with E-state index in [0.29, 0.717) is 10.0 Å². The van der Waals surface area contributed by atoms with Gasteiger partial charge in [-0.3, -0.25) is 0 Å². The van der Waals surface area contributed by atoms with Gasteiger partial charge in [0.25, 0.3) is 0 Å². The SMILES string of the molecule is BC(O)(O)c1ccccc1Br. The summed E-state index contributed by atoms with van der Waals surface area (Å²) >= 11 is 3.21. The van der Waals surface area contributed by atoms with Gasteiger partial charge in [-0.15, -0.1) is 0 Å². The lowest BCUT2D eigenvalue weighted by atomic mass is 9.88. The molecule has 1 rings (SSSR count). The average molecular weight is 215 g/mol. The maximum Gasteiger partial charge on any atom is 0.184 e. The van der Waals surface area contributed by atoms with Gasteiger partial charge in [0.05, 0.1) is 0 Å². The predicted molar refractivity (Wildman–Crippen MR) is 48.8 cm³/mol. The van der Waals surface area contributed by atoms with Crippen LogP contribution in [0.15, 0.2) is 28.7 Å². The fraction of sp³-hybridized carbons (Fsp3) is 0.143. The Morgan fingerprint density at radius 1 is 1.27 bits per heavy atom. The molecule has 4 heteroatoms. The molecule has 0 radical (unpaired) electrons. The second-order valence-corrected chi connectivity index (χ2v) is 3.36. The van der Waals surface area contributed by atoms with Crippen molar-refractivity contribution in [3.63, 3.8) is 0 Å². The van der Waals surface area contributed by atoms with Crippen LogP contribution in [0.4, 0.5) is 0 Å². The molecule has 0 amide bonds. The number of hydrogen-bond acceptors (Lipinski definition) is 2. The Bertz CT molecular complexity index is 257. The first kappa shape index (κ1) is 8.78. The molecule has 0 spiro atoms. The molecule has 1 aromatic carbocycles. The maximum atomic E-state index is 9.20. The van der Waals surface area contributed by atoms with Crippen LogP contribution in [0.2, 0.25) is 0 Å². The molecule has 2 nitrogen and oxygen atoms in total. The molecule has 2 N–H and O–H groups in total. The normalized spacial score (nSPS) is 11.5. The van der Waals surface area contributed by atoms with Crippen molar-refractivity contribution < 1.29 is 10.2 Å². The van der Waals surface area contributed by atoms with Crippen molar-refractivity contribution in [3.05, 3.63) is 34.3 Å². The highest BCUT2D eigenvalue weighted by atomic mass is 79.9. The van der Waals surface area contributed by atoms with Crippen molar-refractivity contribution in [2.45, 2.75) is 5.69 Å². The van der Waals surface area contributed by atoms with Crippen LogP contribution in [0, 0.1) is 0 Å². The van der Waals surface area contributed by atoms with Gasteiger partial charge in [0, 0.05) is 10.0 Å². The first-order chi connectivity index (χ1) is 5.02. The standard InChI is InChI=1S/C7H8BBrO2/c8-7(10,11)5-3-1-2-4-6(5)9/h1-4,10-11H,8H2. The van der Waals surface area contributed by atoms with Gasteiger partial charge in [-0.25, -0.2) is 0 Å². The molecule has 0 aliphatic rings. The van der Waals surface area contributed by atoms with Crippen LogP contribution in [0.1, 0.15) is 5.56 Å². The van der Waals surface area contributed by atoms with E-state index < -0.39 is 5.69 Å². The van der Waals surface area contributed by atoms with Crippen LogP contribution in [0.5, 0.6) is 0 Å². The molecule has 0 fully saturated rings. The summed E-state index contributed by atoms with van der Waals surface area (Å²) in [5.41, 5.74) is -1.29. The molecule has 0 aromatic heterocycles. The lowest BCUT2D eigenvalue weighted by Crippen LogP contribution is -2.25. The minimum atomic E-state index is -1.76. The van der Waals surface area contributed by atoms with Crippen LogP contribution in [0.3, 0.4) is 0 Å². The molecule has 0 saturated carbocycles. The summed E-state index contributed by atoms with van der Waals surface area (Å²) in [6, 6.07) is 6.99. The van der Waals surface area contributed by atoms with E-state index in [0.717, 1.165) is 0 Å². The Morgan fingerprint density at radius 2 is 1.82 bits per heavy atom. The van der Waals surface area contributed by atoms with Crippen LogP contribution < -0.4 is 0 Å². The average Bonchev–Trinajstić information content (AvgIpc) is 1.86. The van der Waals surface area contributed by atoms with Crippen molar-refractivity contribution in [1.82, 2.24) is 0 Å². The molecular formula is C7H8BBrO2. The van der Waals surface area contributed by atoms with E-state index >= 15 is 0 Å². The van der Waals surface area contributed by atoms with Crippen LogP contribution in [0.25, 0.3) is 0 Å². The maximum absolute atomic E-state index is 9.20. The Balaban J connectivity index is 3.14. The summed E-state index contributed by atoms with van der Waals surface area (Å²) in [4.78, 5) is 0. The monoisotopic (exact) mass is 214 g/mol. The van der Waals surface area contributed by atoms with E-state index in [1.165, 1.54) is 7.85 Å². The largest absolute Gasteiger partial charge is 0.370 e. The van der Waals surface area contributed by atoms with E-state index in [1.807, 2.05) is 6.07 Å². The molecule has 1 aromatic rings. The Labute approximate surface area is 74.4 Å². The van der Waals surface area contributed by atoms with Crippen molar-refractivity contribution in [3.8, 4) is 0 Å². The number of benzene rings is 1. The number of rotatable bonds is 1. The topological polar surface area (TPSA) is 40.5 Å². The van der Waals surface area contributed by atoms with E-state index in [9.17, 15) is 10.2 Å². The van der Waals surface area contributed by atoms with Crippen LogP contribution in [-0.2, 0) is 5.69 Å². The van der Waals surface area contributed by atoms with Crippen molar-refractivity contribution >= 4 is 23.8 Å². The lowest BCUT2D eigenvalue weighted by molar-refractivity contribution is -0.0915. The van der Waals surface area contributed by atoms with E-state index in [1.54, 1.807) is 18.2 Å². The van der Waals surface area contributed by atoms with Gasteiger partial charge >= 0.3 is 0 Å². The smallest absolute Gasteiger partial charge is 0.184 e. The summed E-state index contributed by atoms with van der Waals surface area (Å²) in [7, 11) is 1.33. The zero-order valence-electron chi connectivity index (χ0n) is 6.08. The first-order valence-electron chi connectivity index (χ1n) is 3.21. The lowest BCUT2D eigenvalue weighted by Gasteiger charge is -2.17. The Hall–Kier alpha value is -0.315. The van der Waals surface area contributed by atoms with Gasteiger partial charge in [-0.1, -0.05) is 34.1 Å². The summed E-state index contributed by atoms with van der Waals surface area (Å²) < 4.78 is 0.701. The molecular weight excluding hydrogens is 207 g/mol. The third kappa shape index (κ3) is 2.05. The Kier molecular flexibility index (Phi) is 2.37. The highest BCUT2D eigenvalue weighted by Gasteiger charge is 2.20. The number of halogens is 1. The molecule has 0 unspecified atom stereocenters. The van der Waals surface area contributed by atoms with Gasteiger partial charge < -0.3 is 10.2 Å². The molecule has 0 atom stereocenters. The fourth-order valence-corrected chi connectivity index (χ4v) is 1.51. The zero-order chi connectivity index (χ0) is 8.48. The first-order valence-corrected chi connectivity index (χ1v) is 4.01. The Morgan fingerprint density at radius 3 is 2.18 bits per heavy atom. The molecule has 0 heterocycles. The second-order valence-electron chi connectivity index (χ2n) is 2.50. The van der Waals surface area contributed by atoms with Gasteiger partial charge in [-0.2, -0.15) is 0 Å². The summed E-state index contributed by atoms with van der Waals surface area (Å²) in [5.74, 6) is 0. The van der Waals surface area contributed by atoms with Crippen LogP contribution in [-0.4, -0.2) is 18.1 Å². The van der Waals surface area contributed by atoms with E-state index in [2.05, 4.69) is 15.9 Å². The predicted octanol–water partition coefficient (Wildman–Crippen LogP) is 0.177. The van der Waals surface area contributed by atoms with Gasteiger partial charge in [0.15, 0.2) is 7.85 Å². The minimum absolute atomic E-state index is 0.472. The van der Waals surface area contributed by atoms with Crippen LogP contribution >= 0.6 is 15.9 Å². The third-order valence-corrected chi connectivity index (χ3v) is 2.08. The highest BCUT2D eigenvalue weighted by Crippen LogP contribution is 2.23. The molecule has 0 aliphatic carbocycles. The highest BCUT2D eigenvalue weighted by molar-refractivity contribution is 9.10. The molecule has 58 valence electrons.